The van der Waals surface area contributed by atoms with Gasteiger partial charge in [-0.25, -0.2) is 8.42 Å². The van der Waals surface area contributed by atoms with Crippen LogP contribution in [0.25, 0.3) is 0 Å². The van der Waals surface area contributed by atoms with Gasteiger partial charge in [0.25, 0.3) is 0 Å². The van der Waals surface area contributed by atoms with E-state index < -0.39 is 20.8 Å². The Morgan fingerprint density at radius 2 is 1.67 bits per heavy atom. The van der Waals surface area contributed by atoms with Crippen molar-refractivity contribution in [3.8, 4) is 0 Å². The molecule has 0 heterocycles. The van der Waals surface area contributed by atoms with Gasteiger partial charge in [0.2, 0.25) is 0 Å². The first kappa shape index (κ1) is 24.6. The second-order valence-corrected chi connectivity index (χ2v) is 13.7. The highest BCUT2D eigenvalue weighted by molar-refractivity contribution is 7.98. The molecule has 2 rings (SSSR count). The zero-order valence-electron chi connectivity index (χ0n) is 18.0. The molecule has 0 spiro atoms. The first-order valence-electron chi connectivity index (χ1n) is 9.80. The molecule has 0 amide bonds. The summed E-state index contributed by atoms with van der Waals surface area (Å²) in [6.45, 7) is 16.4. The highest BCUT2D eigenvalue weighted by Crippen LogP contribution is 2.64. The predicted octanol–water partition coefficient (Wildman–Crippen LogP) is 3.33. The summed E-state index contributed by atoms with van der Waals surface area (Å²) >= 11 is 0. The molecule has 0 radical (unpaired) electrons. The molecule has 2 bridgehead atoms. The molecule has 27 heavy (non-hydrogen) atoms. The van der Waals surface area contributed by atoms with E-state index in [0.29, 0.717) is 46.4 Å². The van der Waals surface area contributed by atoms with Gasteiger partial charge in [-0.05, 0) is 62.8 Å². The van der Waals surface area contributed by atoms with Crippen molar-refractivity contribution in [1.82, 2.24) is 0 Å². The fourth-order valence-electron chi connectivity index (χ4n) is 4.50. The molecule has 2 aliphatic carbocycles. The lowest BCUT2D eigenvalue weighted by Gasteiger charge is -2.32. The van der Waals surface area contributed by atoms with Gasteiger partial charge in [-0.1, -0.05) is 27.7 Å². The van der Waals surface area contributed by atoms with Crippen molar-refractivity contribution in [1.29, 1.82) is 0 Å². The maximum Gasteiger partial charge on any atom is 0.181 e. The SMILES string of the molecule is CC12CCC(C(S(=O)(=O)[O-])C1=O)C2(C)C.CCC(=O)C[S+](C(C)C)C(C)C. The van der Waals surface area contributed by atoms with Crippen molar-refractivity contribution in [2.75, 3.05) is 5.75 Å². The van der Waals surface area contributed by atoms with Crippen molar-refractivity contribution in [2.45, 2.75) is 90.4 Å². The molecule has 0 aromatic heterocycles. The largest absolute Gasteiger partial charge is 0.747 e. The molecule has 0 aromatic carbocycles. The zero-order chi connectivity index (χ0) is 21.4. The molecule has 3 atom stereocenters. The Hall–Kier alpha value is -0.400. The lowest BCUT2D eigenvalue weighted by atomic mass is 9.70. The van der Waals surface area contributed by atoms with E-state index in [0.717, 1.165) is 5.75 Å². The maximum atomic E-state index is 12.0. The minimum Gasteiger partial charge on any atom is -0.747 e. The van der Waals surface area contributed by atoms with Gasteiger partial charge in [0.1, 0.15) is 25.9 Å². The Balaban J connectivity index is 0.000000279. The van der Waals surface area contributed by atoms with E-state index in [1.807, 2.05) is 20.8 Å². The number of ketones is 2. The summed E-state index contributed by atoms with van der Waals surface area (Å²) in [5.74, 6) is 0.559. The van der Waals surface area contributed by atoms with Crippen LogP contribution in [-0.4, -0.2) is 46.0 Å². The normalized spacial score (nSPS) is 29.4. The lowest BCUT2D eigenvalue weighted by Crippen LogP contribution is -2.38. The minimum atomic E-state index is -4.49. The van der Waals surface area contributed by atoms with E-state index in [1.54, 1.807) is 6.92 Å². The van der Waals surface area contributed by atoms with E-state index in [4.69, 9.17) is 0 Å². The predicted molar refractivity (Wildman–Crippen MR) is 111 cm³/mol. The van der Waals surface area contributed by atoms with Crippen LogP contribution in [0.4, 0.5) is 0 Å². The number of hydrogen-bond acceptors (Lipinski definition) is 5. The lowest BCUT2D eigenvalue weighted by molar-refractivity contribution is -0.128. The number of hydrogen-bond donors (Lipinski definition) is 0. The van der Waals surface area contributed by atoms with Crippen LogP contribution in [0, 0.1) is 16.7 Å². The maximum absolute atomic E-state index is 12.0. The summed E-state index contributed by atoms with van der Waals surface area (Å²) in [6, 6.07) is 0. The number of Topliss-reactive ketones (excluding diaryl/α,β-unsaturated/α-hetero) is 2. The summed E-state index contributed by atoms with van der Waals surface area (Å²) in [4.78, 5) is 23.2. The summed E-state index contributed by atoms with van der Waals surface area (Å²) in [7, 11) is -4.20. The molecule has 0 aliphatic heterocycles. The highest BCUT2D eigenvalue weighted by Gasteiger charge is 2.67. The first-order chi connectivity index (χ1) is 12.1. The Bertz CT molecular complexity index is 658. The molecule has 2 fully saturated rings. The standard InChI is InChI=1S/C10H16O4S.C10H21OS/c1-9(2)6-4-5-10(9,3)8(11)7(6)15(12,13)14;1-6-10(11)7-12(8(2)3)9(4)5/h6-7H,4-5H2,1-3H3,(H,12,13,14);8-9H,6-7H2,1-5H3/q;+1/p-1. The number of carbonyl (C=O) groups is 2. The molecule has 0 N–H and O–H groups in total. The number of fused-ring (bicyclic) bond motifs is 2. The Morgan fingerprint density at radius 1 is 1.19 bits per heavy atom. The van der Waals surface area contributed by atoms with E-state index in [9.17, 15) is 22.6 Å². The van der Waals surface area contributed by atoms with Crippen LogP contribution < -0.4 is 0 Å². The molecule has 2 saturated carbocycles. The van der Waals surface area contributed by atoms with E-state index >= 15 is 0 Å². The van der Waals surface area contributed by atoms with Gasteiger partial charge in [-0.15, -0.1) is 0 Å². The molecule has 158 valence electrons. The van der Waals surface area contributed by atoms with Crippen molar-refractivity contribution in [3.63, 3.8) is 0 Å². The van der Waals surface area contributed by atoms with Gasteiger partial charge < -0.3 is 4.55 Å². The van der Waals surface area contributed by atoms with Crippen molar-refractivity contribution in [3.05, 3.63) is 0 Å². The highest BCUT2D eigenvalue weighted by atomic mass is 32.2. The van der Waals surface area contributed by atoms with Gasteiger partial charge in [-0.2, -0.15) is 0 Å². The van der Waals surface area contributed by atoms with Gasteiger partial charge in [0, 0.05) is 11.8 Å². The third kappa shape index (κ3) is 4.78. The molecule has 5 nitrogen and oxygen atoms in total. The fraction of sp³-hybridized carbons (Fsp3) is 0.900. The van der Waals surface area contributed by atoms with E-state index in [-0.39, 0.29) is 17.1 Å². The van der Waals surface area contributed by atoms with E-state index in [1.165, 1.54) is 0 Å². The third-order valence-corrected chi connectivity index (χ3v) is 11.0. The van der Waals surface area contributed by atoms with Gasteiger partial charge >= 0.3 is 0 Å². The molecular weight excluding hydrogens is 384 g/mol. The summed E-state index contributed by atoms with van der Waals surface area (Å²) < 4.78 is 33.3. The topological polar surface area (TPSA) is 91.3 Å². The zero-order valence-corrected chi connectivity index (χ0v) is 19.6. The van der Waals surface area contributed by atoms with Crippen LogP contribution in [0.3, 0.4) is 0 Å². The van der Waals surface area contributed by atoms with E-state index in [2.05, 4.69) is 27.7 Å². The van der Waals surface area contributed by atoms with Crippen LogP contribution in [0.2, 0.25) is 0 Å². The average molecular weight is 421 g/mol. The van der Waals surface area contributed by atoms with Crippen molar-refractivity contribution < 1.29 is 22.6 Å². The summed E-state index contributed by atoms with van der Waals surface area (Å²) in [5.41, 5.74) is -0.994. The summed E-state index contributed by atoms with van der Waals surface area (Å²) in [6.07, 6.45) is 2.07. The molecule has 3 unspecified atom stereocenters. The molecule has 2 aliphatic rings. The van der Waals surface area contributed by atoms with Gasteiger partial charge in [-0.3, -0.25) is 9.59 Å². The van der Waals surface area contributed by atoms with Crippen LogP contribution in [-0.2, 0) is 30.6 Å². The Morgan fingerprint density at radius 3 is 1.93 bits per heavy atom. The number of carbonyl (C=O) groups excluding carboxylic acids is 2. The van der Waals surface area contributed by atoms with Crippen LogP contribution in [0.1, 0.15) is 74.7 Å². The van der Waals surface area contributed by atoms with Crippen LogP contribution in [0.5, 0.6) is 0 Å². The second kappa shape index (κ2) is 8.54. The van der Waals surface area contributed by atoms with Crippen molar-refractivity contribution >= 4 is 32.6 Å². The fourth-order valence-corrected chi connectivity index (χ4v) is 8.23. The Labute approximate surface area is 168 Å². The second-order valence-electron chi connectivity index (χ2n) is 9.08. The number of rotatable bonds is 6. The molecule has 0 saturated heterocycles. The van der Waals surface area contributed by atoms with Gasteiger partial charge in [0.05, 0.1) is 0 Å². The monoisotopic (exact) mass is 420 g/mol. The minimum absolute atomic E-state index is 0.293. The molecular formula is C20H36O5S2. The van der Waals surface area contributed by atoms with Crippen LogP contribution in [0.15, 0.2) is 0 Å². The van der Waals surface area contributed by atoms with Gasteiger partial charge in [0.15, 0.2) is 17.3 Å². The molecule has 7 heteroatoms. The third-order valence-electron chi connectivity index (χ3n) is 6.72. The quantitative estimate of drug-likeness (QED) is 0.485. The van der Waals surface area contributed by atoms with Crippen LogP contribution >= 0.6 is 0 Å². The Kier molecular flexibility index (Phi) is 7.79. The summed E-state index contributed by atoms with van der Waals surface area (Å²) in [5, 5.41) is 0.00671. The van der Waals surface area contributed by atoms with Crippen molar-refractivity contribution in [2.24, 2.45) is 16.7 Å². The first-order valence-corrected chi connectivity index (χ1v) is 12.8. The smallest absolute Gasteiger partial charge is 0.181 e. The average Bonchev–Trinajstić information content (AvgIpc) is 2.83. The molecule has 0 aromatic rings.